The Morgan fingerprint density at radius 1 is 1.23 bits per heavy atom. The van der Waals surface area contributed by atoms with Crippen molar-refractivity contribution in [2.75, 3.05) is 5.33 Å². The van der Waals surface area contributed by atoms with Crippen molar-refractivity contribution in [1.82, 2.24) is 0 Å². The molecule has 0 aromatic rings. The van der Waals surface area contributed by atoms with E-state index in [9.17, 15) is 0 Å². The molecular weight excluding hydrogens is 289 g/mol. The summed E-state index contributed by atoms with van der Waals surface area (Å²) in [6, 6.07) is 0. The molecule has 0 atom stereocenters. The topological polar surface area (TPSA) is 9.23 Å². The van der Waals surface area contributed by atoms with Gasteiger partial charge in [0, 0.05) is 0 Å². The fourth-order valence-electron chi connectivity index (χ4n) is 1.41. The van der Waals surface area contributed by atoms with Gasteiger partial charge in [0.2, 0.25) is 0 Å². The van der Waals surface area contributed by atoms with Gasteiger partial charge in [0.05, 0.1) is 0 Å². The van der Waals surface area contributed by atoms with E-state index < -0.39 is 13.6 Å². The molecule has 0 aliphatic carbocycles. The van der Waals surface area contributed by atoms with Crippen molar-refractivity contribution < 1.29 is 3.76 Å². The quantitative estimate of drug-likeness (QED) is 0.404. The van der Waals surface area contributed by atoms with E-state index in [0.29, 0.717) is 0 Å². The first-order valence-electron chi connectivity index (χ1n) is 5.08. The molecule has 3 heteroatoms. The average molecular weight is 310 g/mol. The van der Waals surface area contributed by atoms with E-state index >= 15 is 0 Å². The van der Waals surface area contributed by atoms with Crippen LogP contribution >= 0.6 is 15.9 Å². The van der Waals surface area contributed by atoms with Crippen LogP contribution in [0.25, 0.3) is 0 Å². The predicted octanol–water partition coefficient (Wildman–Crippen LogP) is 4.31. The number of hydrogen-bond donors (Lipinski definition) is 0. The van der Waals surface area contributed by atoms with E-state index in [1.807, 2.05) is 6.92 Å². The van der Waals surface area contributed by atoms with Crippen molar-refractivity contribution in [3.8, 4) is 0 Å². The summed E-state index contributed by atoms with van der Waals surface area (Å²) in [5.41, 5.74) is 0. The molecule has 0 rings (SSSR count). The second-order valence-corrected chi connectivity index (χ2v) is 13.6. The van der Waals surface area contributed by atoms with E-state index in [1.54, 1.807) is 0 Å². The molecule has 0 aliphatic heterocycles. The number of halogens is 1. The van der Waals surface area contributed by atoms with Crippen LogP contribution in [0.5, 0.6) is 0 Å². The fraction of sp³-hybridized carbons (Fsp3) is 0.800. The van der Waals surface area contributed by atoms with Crippen LogP contribution < -0.4 is 0 Å². The average Bonchev–Trinajstić information content (AvgIpc) is 2.21. The summed E-state index contributed by atoms with van der Waals surface area (Å²) in [6.07, 6.45) is 2.08. The Kier molecular flexibility index (Phi) is 7.24. The van der Waals surface area contributed by atoms with Crippen molar-refractivity contribution in [2.45, 2.75) is 43.5 Å². The first kappa shape index (κ1) is 13.6. The summed E-state index contributed by atoms with van der Waals surface area (Å²) in [7, 11) is 0. The van der Waals surface area contributed by atoms with Crippen molar-refractivity contribution in [3.05, 3.63) is 11.8 Å². The van der Waals surface area contributed by atoms with Gasteiger partial charge in [-0.2, -0.15) is 0 Å². The van der Waals surface area contributed by atoms with Crippen LogP contribution in [0.2, 0.25) is 15.8 Å². The molecule has 0 bridgehead atoms. The number of allylic oxidation sites excluding steroid dienone is 2. The molecule has 1 nitrogen and oxygen atoms in total. The van der Waals surface area contributed by atoms with Crippen molar-refractivity contribution in [2.24, 2.45) is 0 Å². The second kappa shape index (κ2) is 6.93. The summed E-state index contributed by atoms with van der Waals surface area (Å²) >= 11 is 1.52. The van der Waals surface area contributed by atoms with Gasteiger partial charge in [-0.25, -0.2) is 0 Å². The van der Waals surface area contributed by atoms with Gasteiger partial charge in [-0.15, -0.1) is 0 Å². The monoisotopic (exact) mass is 310 g/mol. The standard InChI is InChI=1S/C10H21BrGeO/c1-5-10(9-11)13-12(6-2,7-3)8-4/h5H,6-9H2,1-4H3/b10-5-. The third kappa shape index (κ3) is 4.07. The minimum atomic E-state index is -1.94. The van der Waals surface area contributed by atoms with Gasteiger partial charge in [0.15, 0.2) is 0 Å². The number of rotatable bonds is 6. The number of hydrogen-bond acceptors (Lipinski definition) is 1. The van der Waals surface area contributed by atoms with Crippen LogP contribution in [0.4, 0.5) is 0 Å². The molecule has 0 heterocycles. The summed E-state index contributed by atoms with van der Waals surface area (Å²) in [5, 5.41) is 4.64. The van der Waals surface area contributed by atoms with Gasteiger partial charge in [-0.1, -0.05) is 0 Å². The van der Waals surface area contributed by atoms with Crippen molar-refractivity contribution >= 4 is 29.5 Å². The van der Waals surface area contributed by atoms with Gasteiger partial charge in [-0.3, -0.25) is 0 Å². The van der Waals surface area contributed by atoms with Gasteiger partial charge in [0.1, 0.15) is 0 Å². The molecule has 0 aromatic heterocycles. The van der Waals surface area contributed by atoms with Gasteiger partial charge < -0.3 is 0 Å². The molecule has 0 N–H and O–H groups in total. The van der Waals surface area contributed by atoms with Crippen LogP contribution in [-0.4, -0.2) is 18.9 Å². The Morgan fingerprint density at radius 3 is 1.92 bits per heavy atom. The third-order valence-corrected chi connectivity index (χ3v) is 12.9. The third-order valence-electron chi connectivity index (χ3n) is 2.73. The fourth-order valence-corrected chi connectivity index (χ4v) is 7.91. The predicted molar refractivity (Wildman–Crippen MR) is 65.8 cm³/mol. The van der Waals surface area contributed by atoms with Crippen LogP contribution in [0, 0.1) is 0 Å². The Hall–Kier alpha value is 0.563. The second-order valence-electron chi connectivity index (χ2n) is 3.23. The van der Waals surface area contributed by atoms with E-state index in [4.69, 9.17) is 3.76 Å². The number of alkyl halides is 1. The minimum absolute atomic E-state index is 0.858. The molecule has 13 heavy (non-hydrogen) atoms. The zero-order valence-electron chi connectivity index (χ0n) is 9.19. The Bertz CT molecular complexity index is 156. The zero-order valence-corrected chi connectivity index (χ0v) is 12.9. The molecule has 0 aromatic carbocycles. The summed E-state index contributed by atoms with van der Waals surface area (Å²) in [6.45, 7) is 8.86. The molecule has 0 spiro atoms. The Morgan fingerprint density at radius 2 is 1.69 bits per heavy atom. The molecule has 0 amide bonds. The molecule has 0 aliphatic rings. The molecule has 0 radical (unpaired) electrons. The normalized spacial score (nSPS) is 13.2. The molecule has 0 saturated heterocycles. The Labute approximate surface area is 93.8 Å². The van der Waals surface area contributed by atoms with Gasteiger partial charge >= 0.3 is 93.9 Å². The van der Waals surface area contributed by atoms with Crippen LogP contribution in [0.15, 0.2) is 11.8 Å². The summed E-state index contributed by atoms with van der Waals surface area (Å²) in [5.74, 6) is 1.13. The summed E-state index contributed by atoms with van der Waals surface area (Å²) in [4.78, 5) is 0. The molecule has 0 fully saturated rings. The van der Waals surface area contributed by atoms with Crippen molar-refractivity contribution in [3.63, 3.8) is 0 Å². The maximum atomic E-state index is 6.19. The Balaban J connectivity index is 4.40. The van der Waals surface area contributed by atoms with E-state index in [2.05, 4.69) is 42.8 Å². The SMILES string of the molecule is C/C=C(/CBr)[O][Ge]([CH2]C)([CH2]C)[CH2]C. The first-order valence-corrected chi connectivity index (χ1v) is 11.5. The van der Waals surface area contributed by atoms with E-state index in [0.717, 1.165) is 11.1 Å². The molecule has 78 valence electrons. The molecule has 0 saturated carbocycles. The molecule has 0 unspecified atom stereocenters. The van der Waals surface area contributed by atoms with E-state index in [1.165, 1.54) is 15.8 Å². The molecular formula is C10H21BrGeO. The van der Waals surface area contributed by atoms with Crippen LogP contribution in [0.1, 0.15) is 27.7 Å². The van der Waals surface area contributed by atoms with Crippen molar-refractivity contribution in [1.29, 1.82) is 0 Å². The zero-order chi connectivity index (χ0) is 10.3. The van der Waals surface area contributed by atoms with Crippen LogP contribution in [0.3, 0.4) is 0 Å². The van der Waals surface area contributed by atoms with Gasteiger partial charge in [0.25, 0.3) is 0 Å². The van der Waals surface area contributed by atoms with Gasteiger partial charge in [-0.05, 0) is 0 Å². The maximum absolute atomic E-state index is 6.19. The van der Waals surface area contributed by atoms with E-state index in [-0.39, 0.29) is 0 Å². The first-order chi connectivity index (χ1) is 6.17. The van der Waals surface area contributed by atoms with Crippen LogP contribution in [-0.2, 0) is 3.76 Å². The summed E-state index contributed by atoms with van der Waals surface area (Å²) < 4.78 is 6.19.